The highest BCUT2D eigenvalue weighted by atomic mass is 32.1. The smallest absolute Gasteiger partial charge is 0.303 e. The van der Waals surface area contributed by atoms with E-state index in [2.05, 4.69) is 15.6 Å². The number of nitrogens with zero attached hydrogens (tertiary/aromatic N) is 1. The van der Waals surface area contributed by atoms with Crippen molar-refractivity contribution in [2.24, 2.45) is 0 Å². The van der Waals surface area contributed by atoms with Gasteiger partial charge in [-0.25, -0.2) is 4.98 Å². The van der Waals surface area contributed by atoms with Gasteiger partial charge in [-0.3, -0.25) is 9.59 Å². The molecule has 0 spiro atoms. The first kappa shape index (κ1) is 13.8. The van der Waals surface area contributed by atoms with E-state index in [4.69, 9.17) is 5.11 Å². The van der Waals surface area contributed by atoms with Crippen LogP contribution in [0.5, 0.6) is 0 Å². The van der Waals surface area contributed by atoms with Gasteiger partial charge in [0.2, 0.25) is 5.91 Å². The summed E-state index contributed by atoms with van der Waals surface area (Å²) in [5.74, 6) is -0.753. The van der Waals surface area contributed by atoms with E-state index in [1.165, 1.54) is 11.3 Å². The fourth-order valence-electron chi connectivity index (χ4n) is 1.55. The van der Waals surface area contributed by atoms with Crippen LogP contribution in [0.25, 0.3) is 0 Å². The van der Waals surface area contributed by atoms with Crippen molar-refractivity contribution in [3.05, 3.63) is 11.1 Å². The normalized spacial score (nSPS) is 14.1. The topological polar surface area (TPSA) is 91.3 Å². The number of carbonyl (C=O) groups excluding carboxylic acids is 1. The molecule has 0 radical (unpaired) electrons. The number of aliphatic carboxylic acids is 1. The minimum atomic E-state index is -0.820. The van der Waals surface area contributed by atoms with E-state index in [0.717, 1.165) is 23.7 Å². The number of hydrogen-bond donors (Lipinski definition) is 3. The summed E-state index contributed by atoms with van der Waals surface area (Å²) in [5.41, 5.74) is 0.775. The van der Waals surface area contributed by atoms with Crippen LogP contribution in [0.15, 0.2) is 5.38 Å². The molecule has 0 aliphatic heterocycles. The summed E-state index contributed by atoms with van der Waals surface area (Å²) in [5, 5.41) is 17.1. The van der Waals surface area contributed by atoms with Gasteiger partial charge in [0.25, 0.3) is 0 Å². The van der Waals surface area contributed by atoms with Gasteiger partial charge >= 0.3 is 5.97 Å². The number of nitrogens with one attached hydrogen (secondary N) is 2. The van der Waals surface area contributed by atoms with Gasteiger partial charge in [-0.05, 0) is 12.8 Å². The highest BCUT2D eigenvalue weighted by Crippen LogP contribution is 2.19. The molecule has 1 heterocycles. The molecule has 0 unspecified atom stereocenters. The molecule has 3 N–H and O–H groups in total. The Kier molecular flexibility index (Phi) is 4.73. The lowest BCUT2D eigenvalue weighted by molar-refractivity contribution is -0.137. The van der Waals surface area contributed by atoms with Crippen LogP contribution in [-0.2, 0) is 16.0 Å². The van der Waals surface area contributed by atoms with Gasteiger partial charge < -0.3 is 15.7 Å². The molecule has 1 aromatic rings. The first-order chi connectivity index (χ1) is 9.13. The Morgan fingerprint density at radius 1 is 1.42 bits per heavy atom. The number of aromatic nitrogens is 1. The summed E-state index contributed by atoms with van der Waals surface area (Å²) >= 11 is 1.43. The largest absolute Gasteiger partial charge is 0.481 e. The molecular weight excluding hydrogens is 266 g/mol. The first-order valence-corrected chi connectivity index (χ1v) is 7.21. The van der Waals surface area contributed by atoms with E-state index in [1.807, 2.05) is 5.38 Å². The molecule has 2 rings (SSSR count). The molecule has 1 saturated carbocycles. The third-order valence-corrected chi connectivity index (χ3v) is 3.57. The van der Waals surface area contributed by atoms with E-state index in [0.29, 0.717) is 25.4 Å². The molecular formula is C12H17N3O3S. The van der Waals surface area contributed by atoms with Gasteiger partial charge in [-0.2, -0.15) is 0 Å². The van der Waals surface area contributed by atoms with Crippen molar-refractivity contribution < 1.29 is 14.7 Å². The highest BCUT2D eigenvalue weighted by Gasteiger charge is 2.22. The Morgan fingerprint density at radius 2 is 2.21 bits per heavy atom. The Labute approximate surface area is 115 Å². The number of amides is 1. The second kappa shape index (κ2) is 6.51. The zero-order chi connectivity index (χ0) is 13.7. The maximum atomic E-state index is 11.4. The van der Waals surface area contributed by atoms with E-state index >= 15 is 0 Å². The van der Waals surface area contributed by atoms with Crippen LogP contribution in [0, 0.1) is 0 Å². The van der Waals surface area contributed by atoms with Crippen molar-refractivity contribution in [3.8, 4) is 0 Å². The zero-order valence-electron chi connectivity index (χ0n) is 10.5. The van der Waals surface area contributed by atoms with Gasteiger partial charge in [-0.15, -0.1) is 11.3 Å². The van der Waals surface area contributed by atoms with Crippen LogP contribution in [0.4, 0.5) is 5.13 Å². The van der Waals surface area contributed by atoms with Crippen LogP contribution >= 0.6 is 11.3 Å². The van der Waals surface area contributed by atoms with Crippen molar-refractivity contribution >= 4 is 28.3 Å². The summed E-state index contributed by atoms with van der Waals surface area (Å²) in [7, 11) is 0. The van der Waals surface area contributed by atoms with Crippen LogP contribution < -0.4 is 10.6 Å². The Bertz CT molecular complexity index is 457. The average molecular weight is 283 g/mol. The third kappa shape index (κ3) is 5.25. The van der Waals surface area contributed by atoms with Crippen molar-refractivity contribution in [1.82, 2.24) is 10.3 Å². The van der Waals surface area contributed by atoms with Crippen molar-refractivity contribution in [2.45, 2.75) is 38.1 Å². The van der Waals surface area contributed by atoms with Crippen LogP contribution in [-0.4, -0.2) is 34.6 Å². The molecule has 1 fully saturated rings. The molecule has 104 valence electrons. The molecule has 0 saturated heterocycles. The van der Waals surface area contributed by atoms with Gasteiger partial charge in [0.1, 0.15) is 0 Å². The van der Waals surface area contributed by atoms with Crippen molar-refractivity contribution in [1.29, 1.82) is 0 Å². The maximum Gasteiger partial charge on any atom is 0.303 e. The molecule has 0 bridgehead atoms. The molecule has 19 heavy (non-hydrogen) atoms. The third-order valence-electron chi connectivity index (χ3n) is 2.72. The maximum absolute atomic E-state index is 11.4. The van der Waals surface area contributed by atoms with Crippen molar-refractivity contribution in [3.63, 3.8) is 0 Å². The standard InChI is InChI=1S/C12H17N3O3S/c16-10(14-8-1-2-8)5-6-13-12-15-9(7-19-12)3-4-11(17)18/h7-8H,1-6H2,(H,13,15)(H,14,16)(H,17,18). The van der Waals surface area contributed by atoms with E-state index in [1.54, 1.807) is 0 Å². The molecule has 1 aliphatic rings. The number of thiazole rings is 1. The number of aryl methyl sites for hydroxylation is 1. The van der Waals surface area contributed by atoms with Crippen LogP contribution in [0.2, 0.25) is 0 Å². The molecule has 7 heteroatoms. The lowest BCUT2D eigenvalue weighted by Gasteiger charge is -2.03. The van der Waals surface area contributed by atoms with Gasteiger partial charge in [0.05, 0.1) is 12.1 Å². The molecule has 1 amide bonds. The number of carboxylic acids is 1. The van der Waals surface area contributed by atoms with Gasteiger partial charge in [0.15, 0.2) is 5.13 Å². The second-order valence-electron chi connectivity index (χ2n) is 4.56. The fraction of sp³-hybridized carbons (Fsp3) is 0.583. The average Bonchev–Trinajstić information content (AvgIpc) is 3.04. The Balaban J connectivity index is 1.64. The molecule has 6 nitrogen and oxygen atoms in total. The lowest BCUT2D eigenvalue weighted by atomic mass is 10.2. The minimum absolute atomic E-state index is 0.0673. The number of carboxylic acid groups (broad SMARTS) is 1. The first-order valence-electron chi connectivity index (χ1n) is 6.33. The van der Waals surface area contributed by atoms with E-state index < -0.39 is 5.97 Å². The predicted octanol–water partition coefficient (Wildman–Crippen LogP) is 1.24. The number of rotatable bonds is 8. The number of anilines is 1. The fourth-order valence-corrected chi connectivity index (χ4v) is 2.32. The zero-order valence-corrected chi connectivity index (χ0v) is 11.3. The monoisotopic (exact) mass is 283 g/mol. The summed E-state index contributed by atoms with van der Waals surface area (Å²) in [6.07, 6.45) is 3.15. The number of hydrogen-bond acceptors (Lipinski definition) is 5. The highest BCUT2D eigenvalue weighted by molar-refractivity contribution is 7.13. The van der Waals surface area contributed by atoms with Gasteiger partial charge in [0, 0.05) is 30.8 Å². The SMILES string of the molecule is O=C(O)CCc1csc(NCCC(=O)NC2CC2)n1. The quantitative estimate of drug-likeness (QED) is 0.667. The van der Waals surface area contributed by atoms with E-state index in [-0.39, 0.29) is 12.3 Å². The Hall–Kier alpha value is -1.63. The minimum Gasteiger partial charge on any atom is -0.481 e. The molecule has 1 aromatic heterocycles. The summed E-state index contributed by atoms with van der Waals surface area (Å²) in [6.45, 7) is 0.546. The molecule has 1 aliphatic carbocycles. The summed E-state index contributed by atoms with van der Waals surface area (Å²) in [6, 6.07) is 0.398. The van der Waals surface area contributed by atoms with Crippen LogP contribution in [0.3, 0.4) is 0 Å². The summed E-state index contributed by atoms with van der Waals surface area (Å²) in [4.78, 5) is 26.1. The predicted molar refractivity (Wildman–Crippen MR) is 72.3 cm³/mol. The van der Waals surface area contributed by atoms with E-state index in [9.17, 15) is 9.59 Å². The number of carbonyl (C=O) groups is 2. The second-order valence-corrected chi connectivity index (χ2v) is 5.41. The molecule has 0 aromatic carbocycles. The summed E-state index contributed by atoms with van der Waals surface area (Å²) < 4.78 is 0. The van der Waals surface area contributed by atoms with Crippen molar-refractivity contribution in [2.75, 3.05) is 11.9 Å². The lowest BCUT2D eigenvalue weighted by Crippen LogP contribution is -2.27. The Morgan fingerprint density at radius 3 is 2.89 bits per heavy atom. The van der Waals surface area contributed by atoms with Gasteiger partial charge in [-0.1, -0.05) is 0 Å². The van der Waals surface area contributed by atoms with Crippen LogP contribution in [0.1, 0.15) is 31.4 Å². The molecule has 0 atom stereocenters.